The van der Waals surface area contributed by atoms with E-state index in [1.807, 2.05) is 72.8 Å². The number of aliphatic carboxylic acids is 1. The molecule has 0 atom stereocenters. The number of nitrogens with one attached hydrogen (secondary N) is 1. The van der Waals surface area contributed by atoms with Crippen LogP contribution in [0.15, 0.2) is 78.9 Å². The number of carboxylic acid groups (broad SMARTS) is 1. The number of hydrogen-bond acceptors (Lipinski definition) is 3. The molecule has 0 fully saturated rings. The average Bonchev–Trinajstić information content (AvgIpc) is 3.19. The molecule has 0 aliphatic rings. The first-order valence-electron chi connectivity index (χ1n) is 11.9. The minimum Gasteiger partial charge on any atom is -0.487 e. The fourth-order valence-corrected chi connectivity index (χ4v) is 4.53. The first-order chi connectivity index (χ1) is 17.3. The van der Waals surface area contributed by atoms with Gasteiger partial charge in [-0.25, -0.2) is 4.98 Å². The maximum atomic E-state index is 11.8. The number of benzene rings is 3. The van der Waals surface area contributed by atoms with Crippen LogP contribution in [0.1, 0.15) is 36.4 Å². The Kier molecular flexibility index (Phi) is 6.42. The van der Waals surface area contributed by atoms with E-state index in [1.54, 1.807) is 13.8 Å². The number of fused-ring (bicyclic) bond motifs is 2. The Balaban J connectivity index is 1.44. The molecule has 6 heteroatoms. The van der Waals surface area contributed by atoms with Crippen LogP contribution in [0.4, 0.5) is 0 Å². The Morgan fingerprint density at radius 1 is 1.03 bits per heavy atom. The molecule has 2 aromatic heterocycles. The van der Waals surface area contributed by atoms with E-state index in [4.69, 9.17) is 16.3 Å². The summed E-state index contributed by atoms with van der Waals surface area (Å²) in [6.07, 6.45) is 1.06. The number of aromatic nitrogens is 2. The minimum absolute atomic E-state index is 0.355. The third-order valence-corrected chi connectivity index (χ3v) is 6.75. The molecule has 2 N–H and O–H groups in total. The molecule has 182 valence electrons. The highest BCUT2D eigenvalue weighted by atomic mass is 35.5. The molecule has 5 aromatic rings. The lowest BCUT2D eigenvalue weighted by Gasteiger charge is -2.19. The molecule has 0 radical (unpaired) electrons. The van der Waals surface area contributed by atoms with Gasteiger partial charge in [-0.05, 0) is 67.8 Å². The molecule has 5 nitrogen and oxygen atoms in total. The van der Waals surface area contributed by atoms with Gasteiger partial charge in [-0.2, -0.15) is 0 Å². The number of para-hydroxylation sites is 1. The zero-order valence-corrected chi connectivity index (χ0v) is 21.0. The van der Waals surface area contributed by atoms with Crippen molar-refractivity contribution in [1.29, 1.82) is 0 Å². The van der Waals surface area contributed by atoms with Crippen molar-refractivity contribution in [2.45, 2.75) is 33.3 Å². The summed E-state index contributed by atoms with van der Waals surface area (Å²) in [4.78, 5) is 20.0. The molecule has 0 unspecified atom stereocenters. The first-order valence-corrected chi connectivity index (χ1v) is 12.2. The number of carboxylic acids is 1. The molecule has 0 saturated carbocycles. The van der Waals surface area contributed by atoms with Gasteiger partial charge in [0.15, 0.2) is 0 Å². The number of H-pyrrole nitrogens is 1. The van der Waals surface area contributed by atoms with Crippen molar-refractivity contribution >= 4 is 39.4 Å². The fourth-order valence-electron chi connectivity index (χ4n) is 4.40. The zero-order chi connectivity index (χ0) is 25.3. The third-order valence-electron chi connectivity index (χ3n) is 6.50. The molecule has 2 heterocycles. The Labute approximate surface area is 214 Å². The van der Waals surface area contributed by atoms with Crippen LogP contribution in [-0.4, -0.2) is 21.0 Å². The maximum absolute atomic E-state index is 11.8. The zero-order valence-electron chi connectivity index (χ0n) is 20.2. The number of hydrogen-bond donors (Lipinski definition) is 2. The second-order valence-corrected chi connectivity index (χ2v) is 10.2. The van der Waals surface area contributed by atoms with Crippen molar-refractivity contribution in [1.82, 2.24) is 9.97 Å². The Bertz CT molecular complexity index is 1550. The lowest BCUT2D eigenvalue weighted by atomic mass is 9.86. The number of halogens is 1. The van der Waals surface area contributed by atoms with Crippen molar-refractivity contribution < 1.29 is 14.6 Å². The van der Waals surface area contributed by atoms with Crippen LogP contribution in [0.25, 0.3) is 21.8 Å². The lowest BCUT2D eigenvalue weighted by Crippen LogP contribution is -2.26. The summed E-state index contributed by atoms with van der Waals surface area (Å²) in [5, 5.41) is 12.6. The summed E-state index contributed by atoms with van der Waals surface area (Å²) in [7, 11) is 0. The van der Waals surface area contributed by atoms with Crippen LogP contribution in [-0.2, 0) is 24.2 Å². The van der Waals surface area contributed by atoms with Crippen molar-refractivity contribution in [3.63, 3.8) is 0 Å². The number of ether oxygens (including phenoxy) is 1. The van der Waals surface area contributed by atoms with Crippen LogP contribution < -0.4 is 4.74 Å². The van der Waals surface area contributed by atoms with E-state index in [0.717, 1.165) is 50.1 Å². The molecule has 0 saturated heterocycles. The van der Waals surface area contributed by atoms with Crippen LogP contribution in [0.3, 0.4) is 0 Å². The quantitative estimate of drug-likeness (QED) is 0.237. The topological polar surface area (TPSA) is 75.2 Å². The van der Waals surface area contributed by atoms with E-state index in [9.17, 15) is 9.90 Å². The van der Waals surface area contributed by atoms with Gasteiger partial charge in [-0.1, -0.05) is 48.0 Å². The van der Waals surface area contributed by atoms with Gasteiger partial charge < -0.3 is 14.8 Å². The van der Waals surface area contributed by atoms with Gasteiger partial charge >= 0.3 is 5.97 Å². The van der Waals surface area contributed by atoms with E-state index in [-0.39, 0.29) is 0 Å². The molecule has 0 bridgehead atoms. The normalized spacial score (nSPS) is 11.8. The fraction of sp³-hybridized carbons (Fsp3) is 0.200. The number of rotatable bonds is 8. The van der Waals surface area contributed by atoms with Gasteiger partial charge in [-0.15, -0.1) is 0 Å². The first kappa shape index (κ1) is 23.9. The number of carbonyl (C=O) groups is 1. The molecule has 0 amide bonds. The molecule has 36 heavy (non-hydrogen) atoms. The third kappa shape index (κ3) is 5.07. The lowest BCUT2D eigenvalue weighted by molar-refractivity contribution is -0.146. The summed E-state index contributed by atoms with van der Waals surface area (Å²) in [5.74, 6) is -0.105. The number of nitrogens with zero attached hydrogens (tertiary/aromatic N) is 1. The Hall–Kier alpha value is -3.83. The number of pyridine rings is 1. The Morgan fingerprint density at radius 3 is 2.58 bits per heavy atom. The average molecular weight is 499 g/mol. The SMILES string of the molecule is CC(C)(Cc1[nH]c2cc(OCc3ccc4ccccc4n3)ccc2c1Cc1ccc(Cl)cc1)C(=O)O. The Morgan fingerprint density at radius 2 is 1.81 bits per heavy atom. The van der Waals surface area contributed by atoms with E-state index >= 15 is 0 Å². The van der Waals surface area contributed by atoms with Gasteiger partial charge in [0.2, 0.25) is 0 Å². The highest BCUT2D eigenvalue weighted by Gasteiger charge is 2.29. The largest absolute Gasteiger partial charge is 0.487 e. The highest BCUT2D eigenvalue weighted by molar-refractivity contribution is 6.30. The van der Waals surface area contributed by atoms with Gasteiger partial charge in [0.05, 0.1) is 16.6 Å². The van der Waals surface area contributed by atoms with E-state index in [1.165, 1.54) is 0 Å². The monoisotopic (exact) mass is 498 g/mol. The van der Waals surface area contributed by atoms with Crippen molar-refractivity contribution in [2.24, 2.45) is 5.41 Å². The molecule has 5 rings (SSSR count). The summed E-state index contributed by atoms with van der Waals surface area (Å²) >= 11 is 6.07. The van der Waals surface area contributed by atoms with Gasteiger partial charge in [0.25, 0.3) is 0 Å². The molecule has 0 aliphatic heterocycles. The predicted octanol–water partition coefficient (Wildman–Crippen LogP) is 7.19. The van der Waals surface area contributed by atoms with Crippen molar-refractivity contribution in [3.05, 3.63) is 106 Å². The van der Waals surface area contributed by atoms with Crippen LogP contribution >= 0.6 is 11.6 Å². The second-order valence-electron chi connectivity index (χ2n) is 9.74. The van der Waals surface area contributed by atoms with Gasteiger partial charge in [0, 0.05) is 39.5 Å². The second kappa shape index (κ2) is 9.67. The standard InChI is InChI=1S/C30H27ClN2O3/c1-30(2,29(34)35)17-28-25(15-19-7-10-21(31)11-8-19)24-14-13-23(16-27(24)33-28)36-18-22-12-9-20-5-3-4-6-26(20)32-22/h3-14,16,33H,15,17-18H2,1-2H3,(H,34,35). The van der Waals surface area contributed by atoms with E-state index in [0.29, 0.717) is 24.5 Å². The maximum Gasteiger partial charge on any atom is 0.309 e. The summed E-state index contributed by atoms with van der Waals surface area (Å²) in [5.41, 5.74) is 4.92. The van der Waals surface area contributed by atoms with Crippen molar-refractivity contribution in [2.75, 3.05) is 0 Å². The predicted molar refractivity (Wildman–Crippen MR) is 144 cm³/mol. The highest BCUT2D eigenvalue weighted by Crippen LogP contribution is 2.33. The van der Waals surface area contributed by atoms with Crippen LogP contribution in [0.2, 0.25) is 5.02 Å². The molecule has 0 aliphatic carbocycles. The summed E-state index contributed by atoms with van der Waals surface area (Å²) < 4.78 is 6.08. The van der Waals surface area contributed by atoms with E-state index < -0.39 is 11.4 Å². The van der Waals surface area contributed by atoms with Crippen molar-refractivity contribution in [3.8, 4) is 5.75 Å². The summed E-state index contributed by atoms with van der Waals surface area (Å²) in [6.45, 7) is 3.85. The van der Waals surface area contributed by atoms with Crippen LogP contribution in [0, 0.1) is 5.41 Å². The molecular formula is C30H27ClN2O3. The minimum atomic E-state index is -0.906. The smallest absolute Gasteiger partial charge is 0.309 e. The van der Waals surface area contributed by atoms with Crippen LogP contribution in [0.5, 0.6) is 5.75 Å². The number of aromatic amines is 1. The summed E-state index contributed by atoms with van der Waals surface area (Å²) in [6, 6.07) is 25.7. The molecular weight excluding hydrogens is 472 g/mol. The molecule has 3 aromatic carbocycles. The van der Waals surface area contributed by atoms with Gasteiger partial charge in [-0.3, -0.25) is 4.79 Å². The van der Waals surface area contributed by atoms with E-state index in [2.05, 4.69) is 16.0 Å². The molecule has 0 spiro atoms. The van der Waals surface area contributed by atoms with Gasteiger partial charge in [0.1, 0.15) is 12.4 Å².